The molecule has 0 bridgehead atoms. The van der Waals surface area contributed by atoms with E-state index in [9.17, 15) is 23.1 Å². The predicted octanol–water partition coefficient (Wildman–Crippen LogP) is 6.76. The van der Waals surface area contributed by atoms with Gasteiger partial charge in [-0.1, -0.05) is 37.2 Å². The second-order valence-corrected chi connectivity index (χ2v) is 9.07. The summed E-state index contributed by atoms with van der Waals surface area (Å²) in [7, 11) is 0. The maximum atomic E-state index is 13.2. The van der Waals surface area contributed by atoms with E-state index in [1.165, 1.54) is 12.1 Å². The van der Waals surface area contributed by atoms with Crippen LogP contribution in [0.2, 0.25) is 0 Å². The SMILES string of the molecule is CCCCCc1cc(C(F)(F)F)ccc1Oc1ccc2c(c1)CC[C@H]2c1sc(=O)[nH]c1O. The Bertz CT molecular complexity index is 1170. The molecule has 0 spiro atoms. The summed E-state index contributed by atoms with van der Waals surface area (Å²) in [6.45, 7) is 2.05. The first kappa shape index (κ1) is 22.5. The van der Waals surface area contributed by atoms with Crippen LogP contribution in [0.1, 0.15) is 65.7 Å². The molecule has 0 unspecified atom stereocenters. The Hall–Kier alpha value is -2.74. The number of fused-ring (bicyclic) bond motifs is 1. The molecule has 1 atom stereocenters. The molecule has 1 heterocycles. The molecule has 32 heavy (non-hydrogen) atoms. The monoisotopic (exact) mass is 463 g/mol. The highest BCUT2D eigenvalue weighted by molar-refractivity contribution is 7.09. The molecular weight excluding hydrogens is 439 g/mol. The standard InChI is InChI=1S/C24H24F3NO3S/c1-2-3-4-5-15-12-16(24(25,26)27)7-11-20(15)31-17-8-10-18-14(13-17)6-9-19(18)21-22(29)28-23(30)32-21/h7-8,10-13,19,29H,2-6,9H2,1H3,(H,28,30)/t19-/m1/s1. The van der Waals surface area contributed by atoms with E-state index in [4.69, 9.17) is 4.74 Å². The number of aryl methyl sites for hydroxylation is 2. The minimum Gasteiger partial charge on any atom is -0.494 e. The Balaban J connectivity index is 1.59. The lowest BCUT2D eigenvalue weighted by Gasteiger charge is -2.15. The van der Waals surface area contributed by atoms with Crippen molar-refractivity contribution in [3.05, 3.63) is 73.2 Å². The van der Waals surface area contributed by atoms with Crippen LogP contribution in [-0.2, 0) is 19.0 Å². The first-order valence-corrected chi connectivity index (χ1v) is 11.5. The summed E-state index contributed by atoms with van der Waals surface area (Å²) in [6, 6.07) is 9.23. The first-order chi connectivity index (χ1) is 15.3. The molecular formula is C24H24F3NO3S. The zero-order chi connectivity index (χ0) is 22.9. The van der Waals surface area contributed by atoms with E-state index in [1.54, 1.807) is 6.07 Å². The van der Waals surface area contributed by atoms with E-state index in [2.05, 4.69) is 4.98 Å². The molecule has 1 aliphatic rings. The number of benzene rings is 2. The van der Waals surface area contributed by atoms with Crippen LogP contribution in [0, 0.1) is 0 Å². The van der Waals surface area contributed by atoms with Gasteiger partial charge in [0, 0.05) is 5.92 Å². The van der Waals surface area contributed by atoms with Crippen LogP contribution >= 0.6 is 11.3 Å². The van der Waals surface area contributed by atoms with Crippen molar-refractivity contribution in [1.29, 1.82) is 0 Å². The third-order valence-electron chi connectivity index (χ3n) is 5.83. The summed E-state index contributed by atoms with van der Waals surface area (Å²) >= 11 is 1.01. The lowest BCUT2D eigenvalue weighted by molar-refractivity contribution is -0.137. The Morgan fingerprint density at radius 1 is 1.19 bits per heavy atom. The lowest BCUT2D eigenvalue weighted by atomic mass is 10.00. The van der Waals surface area contributed by atoms with Gasteiger partial charge in [-0.25, -0.2) is 0 Å². The number of alkyl halides is 3. The number of halogens is 3. The quantitative estimate of drug-likeness (QED) is 0.380. The average Bonchev–Trinajstić information content (AvgIpc) is 3.30. The maximum absolute atomic E-state index is 13.2. The maximum Gasteiger partial charge on any atom is 0.416 e. The van der Waals surface area contributed by atoms with Gasteiger partial charge in [0.15, 0.2) is 0 Å². The Morgan fingerprint density at radius 2 is 2.00 bits per heavy atom. The zero-order valence-electron chi connectivity index (χ0n) is 17.6. The molecule has 0 saturated carbocycles. The fourth-order valence-corrected chi connectivity index (χ4v) is 5.12. The van der Waals surface area contributed by atoms with Gasteiger partial charge < -0.3 is 9.84 Å². The molecule has 8 heteroatoms. The van der Waals surface area contributed by atoms with Crippen molar-refractivity contribution in [2.45, 2.75) is 57.5 Å². The van der Waals surface area contributed by atoms with Gasteiger partial charge in [0.25, 0.3) is 0 Å². The van der Waals surface area contributed by atoms with Gasteiger partial charge in [-0.2, -0.15) is 13.2 Å². The van der Waals surface area contributed by atoms with Crippen LogP contribution in [0.15, 0.2) is 41.2 Å². The third kappa shape index (κ3) is 4.70. The summed E-state index contributed by atoms with van der Waals surface area (Å²) in [5, 5.41) is 10.0. The molecule has 0 fully saturated rings. The number of aromatic nitrogens is 1. The topological polar surface area (TPSA) is 62.3 Å². The summed E-state index contributed by atoms with van der Waals surface area (Å²) < 4.78 is 45.6. The molecule has 3 aromatic rings. The van der Waals surface area contributed by atoms with Gasteiger partial charge in [0.2, 0.25) is 5.88 Å². The summed E-state index contributed by atoms with van der Waals surface area (Å²) in [5.74, 6) is 0.857. The molecule has 2 N–H and O–H groups in total. The van der Waals surface area contributed by atoms with Crippen LogP contribution in [0.5, 0.6) is 17.4 Å². The summed E-state index contributed by atoms with van der Waals surface area (Å²) in [4.78, 5) is 14.3. The van der Waals surface area contributed by atoms with Gasteiger partial charge in [0.05, 0.1) is 10.4 Å². The highest BCUT2D eigenvalue weighted by Crippen LogP contribution is 2.44. The van der Waals surface area contributed by atoms with Crippen LogP contribution in [0.3, 0.4) is 0 Å². The number of rotatable bonds is 7. The van der Waals surface area contributed by atoms with E-state index in [0.717, 1.165) is 60.6 Å². The molecule has 0 saturated heterocycles. The molecule has 0 amide bonds. The zero-order valence-corrected chi connectivity index (χ0v) is 18.4. The molecule has 1 aromatic heterocycles. The number of ether oxygens (including phenoxy) is 1. The Labute approximate surface area is 187 Å². The number of hydrogen-bond donors (Lipinski definition) is 2. The predicted molar refractivity (Wildman–Crippen MR) is 118 cm³/mol. The molecule has 0 radical (unpaired) electrons. The van der Waals surface area contributed by atoms with E-state index in [-0.39, 0.29) is 16.7 Å². The second-order valence-electron chi connectivity index (χ2n) is 8.06. The summed E-state index contributed by atoms with van der Waals surface area (Å²) in [6.07, 6.45) is 0.368. The minimum absolute atomic E-state index is 0.0568. The van der Waals surface area contributed by atoms with Crippen LogP contribution in [-0.4, -0.2) is 10.1 Å². The number of aromatic hydroxyl groups is 1. The molecule has 2 aromatic carbocycles. The first-order valence-electron chi connectivity index (χ1n) is 10.7. The molecule has 4 rings (SSSR count). The van der Waals surface area contributed by atoms with Crippen molar-refractivity contribution in [2.75, 3.05) is 0 Å². The number of hydrogen-bond acceptors (Lipinski definition) is 4. The van der Waals surface area contributed by atoms with E-state index in [1.807, 2.05) is 19.1 Å². The molecule has 170 valence electrons. The average molecular weight is 464 g/mol. The van der Waals surface area contributed by atoms with Gasteiger partial charge in [-0.15, -0.1) is 0 Å². The third-order valence-corrected chi connectivity index (χ3v) is 6.82. The van der Waals surface area contributed by atoms with E-state index >= 15 is 0 Å². The fourth-order valence-electron chi connectivity index (χ4n) is 4.24. The normalized spacial score (nSPS) is 15.7. The van der Waals surface area contributed by atoms with Gasteiger partial charge in [-0.05, 0) is 72.7 Å². The van der Waals surface area contributed by atoms with Crippen molar-refractivity contribution in [1.82, 2.24) is 4.98 Å². The van der Waals surface area contributed by atoms with Gasteiger partial charge >= 0.3 is 11.0 Å². The second kappa shape index (κ2) is 9.02. The van der Waals surface area contributed by atoms with E-state index in [0.29, 0.717) is 28.4 Å². The van der Waals surface area contributed by atoms with Crippen LogP contribution in [0.4, 0.5) is 13.2 Å². The van der Waals surface area contributed by atoms with E-state index < -0.39 is 11.7 Å². The molecule has 4 nitrogen and oxygen atoms in total. The smallest absolute Gasteiger partial charge is 0.416 e. The highest BCUT2D eigenvalue weighted by Gasteiger charge is 2.31. The highest BCUT2D eigenvalue weighted by atomic mass is 32.1. The Morgan fingerprint density at radius 3 is 2.69 bits per heavy atom. The number of H-pyrrole nitrogens is 1. The van der Waals surface area contributed by atoms with Gasteiger partial charge in [0.1, 0.15) is 11.5 Å². The van der Waals surface area contributed by atoms with Crippen molar-refractivity contribution in [3.8, 4) is 17.4 Å². The number of unbranched alkanes of at least 4 members (excludes halogenated alkanes) is 2. The van der Waals surface area contributed by atoms with Crippen molar-refractivity contribution in [2.24, 2.45) is 0 Å². The number of aromatic amines is 1. The molecule has 0 aliphatic heterocycles. The fraction of sp³-hybridized carbons (Fsp3) is 0.375. The summed E-state index contributed by atoms with van der Waals surface area (Å²) in [5.41, 5.74) is 1.96. The van der Waals surface area contributed by atoms with Crippen molar-refractivity contribution < 1.29 is 23.0 Å². The van der Waals surface area contributed by atoms with Crippen molar-refractivity contribution in [3.63, 3.8) is 0 Å². The largest absolute Gasteiger partial charge is 0.494 e. The van der Waals surface area contributed by atoms with Crippen LogP contribution < -0.4 is 9.61 Å². The number of nitrogens with one attached hydrogen (secondary N) is 1. The minimum atomic E-state index is -4.39. The lowest BCUT2D eigenvalue weighted by Crippen LogP contribution is -2.06. The number of thiazole rings is 1. The Kier molecular flexibility index (Phi) is 6.33. The van der Waals surface area contributed by atoms with Crippen molar-refractivity contribution >= 4 is 11.3 Å². The molecule has 1 aliphatic carbocycles. The van der Waals surface area contributed by atoms with Gasteiger partial charge in [-0.3, -0.25) is 9.78 Å². The van der Waals surface area contributed by atoms with Crippen LogP contribution in [0.25, 0.3) is 0 Å².